The number of nitrogen functional groups attached to an aromatic ring is 1. The van der Waals surface area contributed by atoms with E-state index in [0.717, 1.165) is 5.56 Å². The van der Waals surface area contributed by atoms with Crippen LogP contribution in [0.2, 0.25) is 0 Å². The standard InChI is InChI=1S/C15H17FN2OS/c1-8-7-12(10(3)20-8)9(2)18-15(19)11-5-4-6-13(16)14(11)17/h4-7,9H,17H2,1-3H3,(H,18,19). The Hall–Kier alpha value is -1.88. The molecule has 106 valence electrons. The van der Waals surface area contributed by atoms with Crippen LogP contribution in [0.1, 0.15) is 38.6 Å². The molecule has 1 aromatic carbocycles. The Morgan fingerprint density at radius 3 is 2.70 bits per heavy atom. The largest absolute Gasteiger partial charge is 0.396 e. The van der Waals surface area contributed by atoms with Gasteiger partial charge >= 0.3 is 0 Å². The van der Waals surface area contributed by atoms with E-state index in [9.17, 15) is 9.18 Å². The van der Waals surface area contributed by atoms with Crippen molar-refractivity contribution in [2.75, 3.05) is 5.73 Å². The zero-order valence-corrected chi connectivity index (χ0v) is 12.5. The summed E-state index contributed by atoms with van der Waals surface area (Å²) in [5, 5.41) is 2.86. The topological polar surface area (TPSA) is 55.1 Å². The van der Waals surface area contributed by atoms with E-state index in [1.165, 1.54) is 28.0 Å². The van der Waals surface area contributed by atoms with Gasteiger partial charge in [0.25, 0.3) is 5.91 Å². The number of hydrogen-bond donors (Lipinski definition) is 2. The summed E-state index contributed by atoms with van der Waals surface area (Å²) < 4.78 is 13.4. The minimum atomic E-state index is -0.576. The first kappa shape index (κ1) is 14.5. The lowest BCUT2D eigenvalue weighted by molar-refractivity contribution is 0.0940. The molecule has 0 aliphatic carbocycles. The number of para-hydroxylation sites is 1. The van der Waals surface area contributed by atoms with Crippen molar-refractivity contribution in [3.8, 4) is 0 Å². The van der Waals surface area contributed by atoms with Crippen molar-refractivity contribution >= 4 is 22.9 Å². The van der Waals surface area contributed by atoms with E-state index in [0.29, 0.717) is 0 Å². The van der Waals surface area contributed by atoms with Gasteiger partial charge in [0.2, 0.25) is 0 Å². The highest BCUT2D eigenvalue weighted by Gasteiger charge is 2.17. The second-order valence-corrected chi connectivity index (χ2v) is 6.23. The Morgan fingerprint density at radius 1 is 1.40 bits per heavy atom. The molecule has 3 N–H and O–H groups in total. The van der Waals surface area contributed by atoms with Crippen molar-refractivity contribution in [1.29, 1.82) is 0 Å². The van der Waals surface area contributed by atoms with Gasteiger partial charge in [-0.1, -0.05) is 6.07 Å². The Kier molecular flexibility index (Phi) is 4.09. The number of amides is 1. The van der Waals surface area contributed by atoms with E-state index in [-0.39, 0.29) is 23.2 Å². The van der Waals surface area contributed by atoms with Crippen LogP contribution in [-0.2, 0) is 0 Å². The third-order valence-corrected chi connectivity index (χ3v) is 4.17. The highest BCUT2D eigenvalue weighted by atomic mass is 32.1. The minimum absolute atomic E-state index is 0.115. The molecule has 5 heteroatoms. The van der Waals surface area contributed by atoms with Gasteiger partial charge in [0.05, 0.1) is 17.3 Å². The Labute approximate surface area is 121 Å². The summed E-state index contributed by atoms with van der Waals surface area (Å²) in [6, 6.07) is 6.15. The molecule has 1 unspecified atom stereocenters. The number of carbonyl (C=O) groups excluding carboxylic acids is 1. The van der Waals surface area contributed by atoms with Crippen LogP contribution < -0.4 is 11.1 Å². The molecule has 0 aliphatic rings. The molecule has 0 fully saturated rings. The second kappa shape index (κ2) is 5.63. The number of thiophene rings is 1. The fourth-order valence-corrected chi connectivity index (χ4v) is 3.19. The van der Waals surface area contributed by atoms with Crippen LogP contribution in [0.4, 0.5) is 10.1 Å². The van der Waals surface area contributed by atoms with Crippen molar-refractivity contribution in [2.24, 2.45) is 0 Å². The summed E-state index contributed by atoms with van der Waals surface area (Å²) in [6.07, 6.45) is 0. The monoisotopic (exact) mass is 292 g/mol. The van der Waals surface area contributed by atoms with Gasteiger partial charge in [-0.25, -0.2) is 4.39 Å². The first-order valence-corrected chi connectivity index (χ1v) is 7.13. The SMILES string of the molecule is Cc1cc(C(C)NC(=O)c2cccc(F)c2N)c(C)s1. The Balaban J connectivity index is 2.19. The molecule has 0 saturated carbocycles. The van der Waals surface area contributed by atoms with Gasteiger partial charge in [-0.3, -0.25) is 4.79 Å². The summed E-state index contributed by atoms with van der Waals surface area (Å²) in [5.74, 6) is -0.939. The fraction of sp³-hybridized carbons (Fsp3) is 0.267. The highest BCUT2D eigenvalue weighted by Crippen LogP contribution is 2.26. The van der Waals surface area contributed by atoms with Crippen LogP contribution in [0.5, 0.6) is 0 Å². The van der Waals surface area contributed by atoms with Crippen LogP contribution in [0.3, 0.4) is 0 Å². The predicted octanol–water partition coefficient (Wildman–Crippen LogP) is 3.58. The first-order chi connectivity index (χ1) is 9.40. The van der Waals surface area contributed by atoms with Crippen LogP contribution in [0.15, 0.2) is 24.3 Å². The Bertz CT molecular complexity index is 651. The summed E-state index contributed by atoms with van der Waals surface area (Å²) in [6.45, 7) is 5.95. The number of carbonyl (C=O) groups is 1. The van der Waals surface area contributed by atoms with Crippen molar-refractivity contribution in [1.82, 2.24) is 5.32 Å². The molecule has 0 aliphatic heterocycles. The van der Waals surface area contributed by atoms with E-state index in [1.807, 2.05) is 20.8 Å². The lowest BCUT2D eigenvalue weighted by Gasteiger charge is -2.15. The molecule has 0 radical (unpaired) electrons. The van der Waals surface area contributed by atoms with Crippen molar-refractivity contribution in [2.45, 2.75) is 26.8 Å². The van der Waals surface area contributed by atoms with Crippen molar-refractivity contribution < 1.29 is 9.18 Å². The van der Waals surface area contributed by atoms with Crippen LogP contribution >= 0.6 is 11.3 Å². The molecule has 2 rings (SSSR count). The van der Waals surface area contributed by atoms with Crippen molar-refractivity contribution in [3.05, 3.63) is 51.0 Å². The maximum atomic E-state index is 13.4. The number of halogens is 1. The van der Waals surface area contributed by atoms with Gasteiger partial charge in [-0.2, -0.15) is 0 Å². The van der Waals surface area contributed by atoms with Gasteiger partial charge in [0.1, 0.15) is 5.82 Å². The Morgan fingerprint density at radius 2 is 2.10 bits per heavy atom. The first-order valence-electron chi connectivity index (χ1n) is 6.32. The normalized spacial score (nSPS) is 12.2. The van der Waals surface area contributed by atoms with E-state index in [4.69, 9.17) is 5.73 Å². The maximum absolute atomic E-state index is 13.4. The lowest BCUT2D eigenvalue weighted by atomic mass is 10.1. The van der Waals surface area contributed by atoms with Gasteiger partial charge in [-0.15, -0.1) is 11.3 Å². The molecule has 0 spiro atoms. The van der Waals surface area contributed by atoms with E-state index in [2.05, 4.69) is 11.4 Å². The molecular formula is C15H17FN2OS. The number of benzene rings is 1. The average molecular weight is 292 g/mol. The number of hydrogen-bond acceptors (Lipinski definition) is 3. The molecule has 0 saturated heterocycles. The maximum Gasteiger partial charge on any atom is 0.253 e. The van der Waals surface area contributed by atoms with E-state index in [1.54, 1.807) is 11.3 Å². The zero-order valence-electron chi connectivity index (χ0n) is 11.7. The van der Waals surface area contributed by atoms with Gasteiger partial charge in [-0.05, 0) is 44.5 Å². The van der Waals surface area contributed by atoms with Gasteiger partial charge in [0, 0.05) is 9.75 Å². The number of anilines is 1. The molecular weight excluding hydrogens is 275 g/mol. The summed E-state index contributed by atoms with van der Waals surface area (Å²) in [5.41, 5.74) is 6.73. The van der Waals surface area contributed by atoms with E-state index >= 15 is 0 Å². The predicted molar refractivity (Wildman–Crippen MR) is 80.5 cm³/mol. The molecule has 1 heterocycles. The molecule has 20 heavy (non-hydrogen) atoms. The summed E-state index contributed by atoms with van der Waals surface area (Å²) in [4.78, 5) is 14.5. The van der Waals surface area contributed by atoms with E-state index < -0.39 is 5.82 Å². The summed E-state index contributed by atoms with van der Waals surface area (Å²) in [7, 11) is 0. The van der Waals surface area contributed by atoms with Gasteiger partial charge < -0.3 is 11.1 Å². The summed E-state index contributed by atoms with van der Waals surface area (Å²) >= 11 is 1.69. The fourth-order valence-electron chi connectivity index (χ4n) is 2.17. The quantitative estimate of drug-likeness (QED) is 0.850. The van der Waals surface area contributed by atoms with Crippen molar-refractivity contribution in [3.63, 3.8) is 0 Å². The number of nitrogens with two attached hydrogens (primary N) is 1. The highest BCUT2D eigenvalue weighted by molar-refractivity contribution is 7.12. The molecule has 2 aromatic rings. The number of nitrogens with one attached hydrogen (secondary N) is 1. The average Bonchev–Trinajstić information content (AvgIpc) is 2.71. The minimum Gasteiger partial charge on any atom is -0.396 e. The van der Waals surface area contributed by atoms with Gasteiger partial charge in [0.15, 0.2) is 0 Å². The number of rotatable bonds is 3. The second-order valence-electron chi connectivity index (χ2n) is 4.76. The number of aryl methyl sites for hydroxylation is 2. The molecule has 3 nitrogen and oxygen atoms in total. The zero-order chi connectivity index (χ0) is 14.9. The molecule has 0 bridgehead atoms. The third kappa shape index (κ3) is 2.82. The van der Waals surface area contributed by atoms with Crippen LogP contribution in [0.25, 0.3) is 0 Å². The third-order valence-electron chi connectivity index (χ3n) is 3.19. The van der Waals surface area contributed by atoms with Crippen LogP contribution in [0, 0.1) is 19.7 Å². The lowest BCUT2D eigenvalue weighted by Crippen LogP contribution is -2.27. The molecule has 1 aromatic heterocycles. The molecule has 1 atom stereocenters. The smallest absolute Gasteiger partial charge is 0.253 e. The molecule has 1 amide bonds. The van der Waals surface area contributed by atoms with Crippen LogP contribution in [-0.4, -0.2) is 5.91 Å².